The Bertz CT molecular complexity index is 1170. The van der Waals surface area contributed by atoms with Crippen LogP contribution in [0.3, 0.4) is 0 Å². The van der Waals surface area contributed by atoms with Gasteiger partial charge >= 0.3 is 24.8 Å². The predicted molar refractivity (Wildman–Crippen MR) is 147 cm³/mol. The zero-order chi connectivity index (χ0) is 25.2. The summed E-state index contributed by atoms with van der Waals surface area (Å²) in [5, 5.41) is 12.2. The van der Waals surface area contributed by atoms with Gasteiger partial charge in [-0.1, -0.05) is 48.5 Å². The molecule has 1 atom stereocenters. The molecule has 186 valence electrons. The van der Waals surface area contributed by atoms with E-state index in [4.69, 9.17) is 9.47 Å². The summed E-state index contributed by atoms with van der Waals surface area (Å²) in [6.07, 6.45) is 2.27. The van der Waals surface area contributed by atoms with Crippen molar-refractivity contribution in [2.75, 3.05) is 19.1 Å². The van der Waals surface area contributed by atoms with Gasteiger partial charge in [0, 0.05) is 11.1 Å². The molecule has 0 spiro atoms. The summed E-state index contributed by atoms with van der Waals surface area (Å²) in [6, 6.07) is 20.1. The van der Waals surface area contributed by atoms with Crippen LogP contribution in [0, 0.1) is 6.92 Å². The molecule has 3 aromatic carbocycles. The molecule has 0 aliphatic heterocycles. The van der Waals surface area contributed by atoms with Crippen LogP contribution >= 0.6 is 11.8 Å². The average molecular weight is 502 g/mol. The number of hydrogen-bond acceptors (Lipinski definition) is 5. The van der Waals surface area contributed by atoms with Crippen LogP contribution in [-0.2, 0) is 22.7 Å². The Hall–Kier alpha value is -2.69. The molecule has 0 saturated heterocycles. The van der Waals surface area contributed by atoms with E-state index in [1.54, 1.807) is 24.9 Å². The van der Waals surface area contributed by atoms with Gasteiger partial charge in [0.1, 0.15) is 11.8 Å². The van der Waals surface area contributed by atoms with Crippen molar-refractivity contribution in [1.29, 1.82) is 0 Å². The number of nitrogens with one attached hydrogen (secondary N) is 1. The van der Waals surface area contributed by atoms with E-state index in [1.807, 2.05) is 73.8 Å². The molecule has 0 fully saturated rings. The van der Waals surface area contributed by atoms with Crippen LogP contribution in [0.5, 0.6) is 5.75 Å². The summed E-state index contributed by atoms with van der Waals surface area (Å²) in [5.41, 5.74) is 4.98. The van der Waals surface area contributed by atoms with Gasteiger partial charge < -0.3 is 19.9 Å². The standard InChI is InChI=1S/C28H31NO5S.Li.H/c1-19-8-4-6-10-22(19)24-16-20(17-34-18-21-9-5-7-11-26(21)33-2)12-13-23(24)27(30)29-25(28(31)32)14-15-35-3;;/h4-13,16,25H,14-15,17-18H2,1-3H3,(H,29,30)(H,31,32);;/t25-;;/m0../s1. The molecule has 6 nitrogen and oxygen atoms in total. The van der Waals surface area contributed by atoms with Crippen molar-refractivity contribution >= 4 is 42.5 Å². The van der Waals surface area contributed by atoms with E-state index in [-0.39, 0.29) is 18.9 Å². The molecule has 36 heavy (non-hydrogen) atoms. The van der Waals surface area contributed by atoms with Gasteiger partial charge in [-0.2, -0.15) is 11.8 Å². The van der Waals surface area contributed by atoms with Crippen molar-refractivity contribution in [3.05, 3.63) is 89.0 Å². The Labute approximate surface area is 229 Å². The number of thioether (sulfide) groups is 1. The summed E-state index contributed by atoms with van der Waals surface area (Å²) < 4.78 is 11.3. The van der Waals surface area contributed by atoms with Crippen LogP contribution in [0.2, 0.25) is 0 Å². The summed E-state index contributed by atoms with van der Waals surface area (Å²) >= 11 is 1.55. The monoisotopic (exact) mass is 501 g/mol. The maximum atomic E-state index is 13.2. The van der Waals surface area contributed by atoms with Crippen molar-refractivity contribution in [2.24, 2.45) is 0 Å². The van der Waals surface area contributed by atoms with Gasteiger partial charge in [0.2, 0.25) is 0 Å². The second kappa shape index (κ2) is 14.8. The first-order valence-corrected chi connectivity index (χ1v) is 12.7. The fourth-order valence-electron chi connectivity index (χ4n) is 3.81. The molecule has 0 unspecified atom stereocenters. The summed E-state index contributed by atoms with van der Waals surface area (Å²) in [5.74, 6) is -0.0243. The zero-order valence-electron chi connectivity index (χ0n) is 20.2. The number of ether oxygens (including phenoxy) is 2. The van der Waals surface area contributed by atoms with E-state index >= 15 is 0 Å². The second-order valence-electron chi connectivity index (χ2n) is 8.15. The summed E-state index contributed by atoms with van der Waals surface area (Å²) in [6.45, 7) is 2.73. The number of aliphatic carboxylic acids is 1. The number of methoxy groups -OCH3 is 1. The van der Waals surface area contributed by atoms with Gasteiger partial charge in [-0.05, 0) is 65.8 Å². The molecule has 0 aromatic heterocycles. The Morgan fingerprint density at radius 1 is 1.00 bits per heavy atom. The van der Waals surface area contributed by atoms with E-state index < -0.39 is 17.9 Å². The van der Waals surface area contributed by atoms with Crippen LogP contribution in [0.15, 0.2) is 66.7 Å². The Balaban J connectivity index is 0.00000456. The van der Waals surface area contributed by atoms with E-state index in [0.717, 1.165) is 33.6 Å². The number of carbonyl (C=O) groups excluding carboxylic acids is 1. The first kappa shape index (κ1) is 29.5. The number of rotatable bonds is 12. The average Bonchev–Trinajstić information content (AvgIpc) is 2.86. The van der Waals surface area contributed by atoms with Gasteiger partial charge in [0.05, 0.1) is 20.3 Å². The third kappa shape index (κ3) is 7.91. The zero-order valence-corrected chi connectivity index (χ0v) is 21.1. The van der Waals surface area contributed by atoms with E-state index in [9.17, 15) is 14.7 Å². The topological polar surface area (TPSA) is 84.9 Å². The van der Waals surface area contributed by atoms with Crippen LogP contribution < -0.4 is 10.1 Å². The summed E-state index contributed by atoms with van der Waals surface area (Å²) in [7, 11) is 1.63. The van der Waals surface area contributed by atoms with E-state index in [0.29, 0.717) is 31.0 Å². The molecule has 3 aromatic rings. The SMILES string of the molecule is COc1ccccc1COCc1ccc(C(=O)N[C@@H](CCSC)C(=O)O)c(-c2ccccc2C)c1.[LiH]. The van der Waals surface area contributed by atoms with E-state index in [1.165, 1.54) is 0 Å². The number of benzene rings is 3. The third-order valence-corrected chi connectivity index (χ3v) is 6.34. The molecule has 3 rings (SSSR count). The van der Waals surface area contributed by atoms with Crippen molar-refractivity contribution in [3.63, 3.8) is 0 Å². The molecule has 0 aliphatic rings. The number of hydrogen-bond donors (Lipinski definition) is 2. The van der Waals surface area contributed by atoms with Gasteiger partial charge in [-0.25, -0.2) is 4.79 Å². The number of aryl methyl sites for hydroxylation is 1. The van der Waals surface area contributed by atoms with Crippen molar-refractivity contribution < 1.29 is 24.2 Å². The quantitative estimate of drug-likeness (QED) is 0.351. The molecule has 0 heterocycles. The first-order valence-electron chi connectivity index (χ1n) is 11.4. The van der Waals surface area contributed by atoms with Crippen LogP contribution in [-0.4, -0.2) is 61.0 Å². The van der Waals surface area contributed by atoms with Crippen LogP contribution in [0.25, 0.3) is 11.1 Å². The molecule has 8 heteroatoms. The molecule has 2 N–H and O–H groups in total. The van der Waals surface area contributed by atoms with Crippen molar-refractivity contribution in [3.8, 4) is 16.9 Å². The molecular weight excluding hydrogens is 469 g/mol. The molecular formula is C28H32LiNO5S. The Morgan fingerprint density at radius 2 is 1.72 bits per heavy atom. The number of carboxylic acids is 1. The number of amides is 1. The Morgan fingerprint density at radius 3 is 2.42 bits per heavy atom. The van der Waals surface area contributed by atoms with Gasteiger partial charge in [-0.3, -0.25) is 4.79 Å². The Kier molecular flexibility index (Phi) is 12.1. The normalized spacial score (nSPS) is 11.3. The van der Waals surface area contributed by atoms with Crippen LogP contribution in [0.1, 0.15) is 33.5 Å². The number of carbonyl (C=O) groups is 2. The van der Waals surface area contributed by atoms with Gasteiger partial charge in [-0.15, -0.1) is 0 Å². The van der Waals surface area contributed by atoms with Crippen molar-refractivity contribution in [2.45, 2.75) is 32.6 Å². The van der Waals surface area contributed by atoms with Crippen molar-refractivity contribution in [1.82, 2.24) is 5.32 Å². The number of carboxylic acid groups (broad SMARTS) is 1. The van der Waals surface area contributed by atoms with Gasteiger partial charge in [0.25, 0.3) is 5.91 Å². The first-order chi connectivity index (χ1) is 16.9. The fourth-order valence-corrected chi connectivity index (χ4v) is 4.28. The molecule has 0 aliphatic carbocycles. The molecule has 0 radical (unpaired) electrons. The molecule has 0 bridgehead atoms. The maximum absolute atomic E-state index is 13.2. The molecule has 0 saturated carbocycles. The number of para-hydroxylation sites is 1. The minimum absolute atomic E-state index is 0. The fraction of sp³-hybridized carbons (Fsp3) is 0.286. The minimum atomic E-state index is -1.04. The predicted octanol–water partition coefficient (Wildman–Crippen LogP) is 4.68. The van der Waals surface area contributed by atoms with Crippen LogP contribution in [0.4, 0.5) is 0 Å². The summed E-state index contributed by atoms with van der Waals surface area (Å²) in [4.78, 5) is 24.8. The third-order valence-electron chi connectivity index (χ3n) is 5.70. The van der Waals surface area contributed by atoms with E-state index in [2.05, 4.69) is 5.32 Å². The molecule has 1 amide bonds. The van der Waals surface area contributed by atoms with Gasteiger partial charge in [0.15, 0.2) is 0 Å². The second-order valence-corrected chi connectivity index (χ2v) is 9.13.